The minimum Gasteiger partial charge on any atom is -0.245 e. The van der Waals surface area contributed by atoms with Gasteiger partial charge in [0, 0.05) is 5.38 Å². The number of hydrogen-bond donors (Lipinski definition) is 0. The van der Waals surface area contributed by atoms with Crippen LogP contribution < -0.4 is 0 Å². The largest absolute Gasteiger partial charge is 0.245 e. The molecule has 0 spiro atoms. The van der Waals surface area contributed by atoms with Crippen molar-refractivity contribution in [2.75, 3.05) is 0 Å². The van der Waals surface area contributed by atoms with Gasteiger partial charge in [-0.2, -0.15) is 0 Å². The van der Waals surface area contributed by atoms with Crippen LogP contribution in [-0.2, 0) is 0 Å². The molecule has 1 heterocycles. The monoisotopic (exact) mass is 253 g/mol. The summed E-state index contributed by atoms with van der Waals surface area (Å²) in [5.74, 6) is 0. The molecule has 0 saturated heterocycles. The van der Waals surface area contributed by atoms with Crippen molar-refractivity contribution in [3.63, 3.8) is 0 Å². The molecule has 50 valence electrons. The van der Waals surface area contributed by atoms with Crippen molar-refractivity contribution in [2.45, 2.75) is 17.8 Å². The fourth-order valence-corrected chi connectivity index (χ4v) is 1.83. The number of rotatable bonds is 1. The molecule has 1 rings (SSSR count). The van der Waals surface area contributed by atoms with Crippen LogP contribution in [0, 0.1) is 6.92 Å². The van der Waals surface area contributed by atoms with E-state index in [2.05, 4.69) is 39.9 Å². The summed E-state index contributed by atoms with van der Waals surface area (Å²) in [5.41, 5.74) is 1.21. The molecule has 0 radical (unpaired) electrons. The van der Waals surface area contributed by atoms with Gasteiger partial charge in [-0.25, -0.2) is 4.98 Å². The van der Waals surface area contributed by atoms with Crippen molar-refractivity contribution >= 4 is 33.9 Å². The lowest BCUT2D eigenvalue weighted by atomic mass is 10.4. The number of halogens is 1. The molecule has 0 amide bonds. The zero-order valence-corrected chi connectivity index (χ0v) is 8.36. The summed E-state index contributed by atoms with van der Waals surface area (Å²) in [6, 6.07) is 0. The second kappa shape index (κ2) is 2.96. The van der Waals surface area contributed by atoms with Gasteiger partial charge in [-0.3, -0.25) is 0 Å². The Bertz CT molecular complexity index is 195. The predicted molar refractivity (Wildman–Crippen MR) is 49.3 cm³/mol. The summed E-state index contributed by atoms with van der Waals surface area (Å²) in [6.45, 7) is 4.18. The Labute approximate surface area is 72.6 Å². The van der Waals surface area contributed by atoms with Crippen LogP contribution in [0.3, 0.4) is 0 Å². The normalized spacial score (nSPS) is 13.7. The minimum absolute atomic E-state index is 0.549. The highest BCUT2D eigenvalue weighted by atomic mass is 127. The molecule has 1 atom stereocenters. The molecule has 3 heteroatoms. The highest BCUT2D eigenvalue weighted by Gasteiger charge is 2.02. The van der Waals surface area contributed by atoms with Gasteiger partial charge in [-0.1, -0.05) is 22.6 Å². The van der Waals surface area contributed by atoms with Gasteiger partial charge >= 0.3 is 0 Å². The number of nitrogens with zero attached hydrogens (tertiary/aromatic N) is 1. The van der Waals surface area contributed by atoms with Crippen LogP contribution >= 0.6 is 33.9 Å². The first-order valence-electron chi connectivity index (χ1n) is 2.76. The maximum Gasteiger partial charge on any atom is 0.0897 e. The standard InChI is InChI=1S/C6H8INS/c1-4(7)6-3-9-5(2)8-6/h3-4H,1-2H3. The van der Waals surface area contributed by atoms with Gasteiger partial charge in [0.05, 0.1) is 14.6 Å². The first kappa shape index (κ1) is 7.47. The molecular formula is C6H8INS. The third kappa shape index (κ3) is 1.89. The first-order valence-corrected chi connectivity index (χ1v) is 4.89. The third-order valence-electron chi connectivity index (χ3n) is 1.04. The topological polar surface area (TPSA) is 12.9 Å². The van der Waals surface area contributed by atoms with E-state index in [0.29, 0.717) is 3.92 Å². The summed E-state index contributed by atoms with van der Waals surface area (Å²) < 4.78 is 0.549. The van der Waals surface area contributed by atoms with Crippen molar-refractivity contribution < 1.29 is 0 Å². The van der Waals surface area contributed by atoms with E-state index in [1.54, 1.807) is 11.3 Å². The van der Waals surface area contributed by atoms with Crippen molar-refractivity contribution in [2.24, 2.45) is 0 Å². The Morgan fingerprint density at radius 1 is 1.78 bits per heavy atom. The molecule has 0 N–H and O–H groups in total. The zero-order chi connectivity index (χ0) is 6.85. The fraction of sp³-hybridized carbons (Fsp3) is 0.500. The summed E-state index contributed by atoms with van der Waals surface area (Å²) in [5, 5.41) is 3.28. The average Bonchev–Trinajstić information content (AvgIpc) is 2.14. The van der Waals surface area contributed by atoms with Crippen LogP contribution in [0.5, 0.6) is 0 Å². The molecule has 0 aliphatic rings. The van der Waals surface area contributed by atoms with Gasteiger partial charge in [0.25, 0.3) is 0 Å². The van der Waals surface area contributed by atoms with Gasteiger partial charge in [0.1, 0.15) is 0 Å². The van der Waals surface area contributed by atoms with Crippen molar-refractivity contribution in [1.82, 2.24) is 4.98 Å². The van der Waals surface area contributed by atoms with Crippen LogP contribution in [0.25, 0.3) is 0 Å². The molecule has 0 saturated carbocycles. The number of aromatic nitrogens is 1. The Morgan fingerprint density at radius 2 is 2.44 bits per heavy atom. The van der Waals surface area contributed by atoms with E-state index in [1.807, 2.05) is 6.92 Å². The maximum atomic E-state index is 4.32. The van der Waals surface area contributed by atoms with Gasteiger partial charge in [0.2, 0.25) is 0 Å². The predicted octanol–water partition coefficient (Wildman–Crippen LogP) is 2.95. The molecule has 0 aromatic carbocycles. The van der Waals surface area contributed by atoms with Crippen molar-refractivity contribution in [3.05, 3.63) is 16.1 Å². The summed E-state index contributed by atoms with van der Waals surface area (Å²) in [6.07, 6.45) is 0. The zero-order valence-electron chi connectivity index (χ0n) is 5.39. The lowest BCUT2D eigenvalue weighted by Gasteiger charge is -1.93. The second-order valence-corrected chi connectivity index (χ2v) is 4.84. The molecule has 1 nitrogen and oxygen atoms in total. The van der Waals surface area contributed by atoms with Crippen LogP contribution in [0.2, 0.25) is 0 Å². The quantitative estimate of drug-likeness (QED) is 0.554. The lowest BCUT2D eigenvalue weighted by molar-refractivity contribution is 1.05. The van der Waals surface area contributed by atoms with Gasteiger partial charge in [-0.15, -0.1) is 11.3 Å². The van der Waals surface area contributed by atoms with E-state index in [-0.39, 0.29) is 0 Å². The lowest BCUT2D eigenvalue weighted by Crippen LogP contribution is -1.81. The second-order valence-electron chi connectivity index (χ2n) is 1.91. The Kier molecular flexibility index (Phi) is 2.46. The Hall–Kier alpha value is 0.360. The van der Waals surface area contributed by atoms with Crippen LogP contribution in [0.4, 0.5) is 0 Å². The van der Waals surface area contributed by atoms with E-state index >= 15 is 0 Å². The molecular weight excluding hydrogens is 245 g/mol. The van der Waals surface area contributed by atoms with Crippen molar-refractivity contribution in [1.29, 1.82) is 0 Å². The molecule has 0 fully saturated rings. The maximum absolute atomic E-state index is 4.32. The highest BCUT2D eigenvalue weighted by molar-refractivity contribution is 14.1. The third-order valence-corrected chi connectivity index (χ3v) is 2.47. The number of alkyl halides is 1. The van der Waals surface area contributed by atoms with E-state index in [9.17, 15) is 0 Å². The SMILES string of the molecule is Cc1nc(C(C)I)cs1. The van der Waals surface area contributed by atoms with Crippen molar-refractivity contribution in [3.8, 4) is 0 Å². The van der Waals surface area contributed by atoms with Gasteiger partial charge in [-0.05, 0) is 13.8 Å². The molecule has 0 aliphatic carbocycles. The molecule has 1 aromatic heterocycles. The minimum atomic E-state index is 0.549. The van der Waals surface area contributed by atoms with Crippen LogP contribution in [-0.4, -0.2) is 4.98 Å². The van der Waals surface area contributed by atoms with Crippen LogP contribution in [0.15, 0.2) is 5.38 Å². The summed E-state index contributed by atoms with van der Waals surface area (Å²) in [4.78, 5) is 4.32. The van der Waals surface area contributed by atoms with Crippen LogP contribution in [0.1, 0.15) is 21.5 Å². The van der Waals surface area contributed by atoms with E-state index < -0.39 is 0 Å². The number of aryl methyl sites for hydroxylation is 1. The van der Waals surface area contributed by atoms with E-state index in [1.165, 1.54) is 5.69 Å². The van der Waals surface area contributed by atoms with E-state index in [4.69, 9.17) is 0 Å². The number of hydrogen-bond acceptors (Lipinski definition) is 2. The van der Waals surface area contributed by atoms with Gasteiger partial charge in [0.15, 0.2) is 0 Å². The number of thiazole rings is 1. The first-order chi connectivity index (χ1) is 4.20. The molecule has 1 unspecified atom stereocenters. The molecule has 9 heavy (non-hydrogen) atoms. The fourth-order valence-electron chi connectivity index (χ4n) is 0.563. The summed E-state index contributed by atoms with van der Waals surface area (Å²) in [7, 11) is 0. The smallest absolute Gasteiger partial charge is 0.0897 e. The van der Waals surface area contributed by atoms with E-state index in [0.717, 1.165) is 5.01 Å². The molecule has 0 aliphatic heterocycles. The Balaban J connectivity index is 2.85. The average molecular weight is 253 g/mol. The molecule has 1 aromatic rings. The highest BCUT2D eigenvalue weighted by Crippen LogP contribution is 2.22. The molecule has 0 bridgehead atoms. The van der Waals surface area contributed by atoms with Gasteiger partial charge < -0.3 is 0 Å². The Morgan fingerprint density at radius 3 is 2.67 bits per heavy atom. The summed E-state index contributed by atoms with van der Waals surface area (Å²) >= 11 is 4.08.